The fourth-order valence-corrected chi connectivity index (χ4v) is 3.25. The van der Waals surface area contributed by atoms with Crippen molar-refractivity contribution in [3.63, 3.8) is 0 Å². The molecule has 3 rings (SSSR count). The third-order valence-corrected chi connectivity index (χ3v) is 4.77. The molecule has 0 bridgehead atoms. The number of rotatable bonds is 7. The molecule has 0 aliphatic carbocycles. The van der Waals surface area contributed by atoms with Crippen molar-refractivity contribution in [3.8, 4) is 17.1 Å². The lowest BCUT2D eigenvalue weighted by Crippen LogP contribution is -2.41. The SMILES string of the molecule is CC(C)CNC(=O)NC(=O)CSc1nnc(-c2ccncc2)n1-c1ccccc1. The zero-order valence-electron chi connectivity index (χ0n) is 16.2. The highest BCUT2D eigenvalue weighted by Gasteiger charge is 2.17. The Bertz CT molecular complexity index is 960. The van der Waals surface area contributed by atoms with E-state index in [-0.39, 0.29) is 5.75 Å². The van der Waals surface area contributed by atoms with E-state index in [1.165, 1.54) is 11.8 Å². The number of carbonyl (C=O) groups is 2. The van der Waals surface area contributed by atoms with Crippen LogP contribution in [0.3, 0.4) is 0 Å². The highest BCUT2D eigenvalue weighted by molar-refractivity contribution is 7.99. The lowest BCUT2D eigenvalue weighted by molar-refractivity contribution is -0.117. The van der Waals surface area contributed by atoms with Crippen LogP contribution in [0.2, 0.25) is 0 Å². The number of urea groups is 1. The molecule has 8 nitrogen and oxygen atoms in total. The van der Waals surface area contributed by atoms with Crippen LogP contribution < -0.4 is 10.6 Å². The number of aromatic nitrogens is 4. The minimum Gasteiger partial charge on any atom is -0.338 e. The maximum atomic E-state index is 12.1. The van der Waals surface area contributed by atoms with Gasteiger partial charge in [0.15, 0.2) is 11.0 Å². The number of carbonyl (C=O) groups excluding carboxylic acids is 2. The van der Waals surface area contributed by atoms with E-state index in [2.05, 4.69) is 25.8 Å². The Balaban J connectivity index is 1.75. The first kappa shape index (κ1) is 20.5. The summed E-state index contributed by atoms with van der Waals surface area (Å²) in [5.41, 5.74) is 1.74. The summed E-state index contributed by atoms with van der Waals surface area (Å²) in [5, 5.41) is 14.1. The number of benzene rings is 1. The molecule has 0 saturated heterocycles. The minimum absolute atomic E-state index is 0.0381. The number of hydrogen-bond acceptors (Lipinski definition) is 6. The molecule has 150 valence electrons. The van der Waals surface area contributed by atoms with Gasteiger partial charge in [-0.15, -0.1) is 10.2 Å². The number of para-hydroxylation sites is 1. The van der Waals surface area contributed by atoms with E-state index in [0.29, 0.717) is 23.4 Å². The molecule has 0 saturated carbocycles. The Labute approximate surface area is 173 Å². The van der Waals surface area contributed by atoms with Gasteiger partial charge in [-0.2, -0.15) is 0 Å². The quantitative estimate of drug-likeness (QED) is 0.581. The Hall–Kier alpha value is -3.20. The first-order chi connectivity index (χ1) is 14.0. The van der Waals surface area contributed by atoms with E-state index in [1.54, 1.807) is 12.4 Å². The second-order valence-corrected chi connectivity index (χ2v) is 7.60. The van der Waals surface area contributed by atoms with Crippen molar-refractivity contribution in [2.75, 3.05) is 12.3 Å². The molecular formula is C20H22N6O2S. The first-order valence-electron chi connectivity index (χ1n) is 9.16. The maximum Gasteiger partial charge on any atom is 0.321 e. The Morgan fingerprint density at radius 3 is 2.48 bits per heavy atom. The van der Waals surface area contributed by atoms with Crippen LogP contribution in [0.15, 0.2) is 60.0 Å². The van der Waals surface area contributed by atoms with Crippen LogP contribution in [0, 0.1) is 5.92 Å². The molecule has 1 aromatic carbocycles. The van der Waals surface area contributed by atoms with Crippen LogP contribution >= 0.6 is 11.8 Å². The highest BCUT2D eigenvalue weighted by Crippen LogP contribution is 2.27. The van der Waals surface area contributed by atoms with Crippen LogP contribution in [-0.2, 0) is 4.79 Å². The number of pyridine rings is 1. The van der Waals surface area contributed by atoms with E-state index in [4.69, 9.17) is 0 Å². The summed E-state index contributed by atoms with van der Waals surface area (Å²) in [6, 6.07) is 12.9. The molecule has 29 heavy (non-hydrogen) atoms. The second kappa shape index (κ2) is 9.83. The first-order valence-corrected chi connectivity index (χ1v) is 10.1. The van der Waals surface area contributed by atoms with E-state index in [9.17, 15) is 9.59 Å². The van der Waals surface area contributed by atoms with Crippen LogP contribution in [0.25, 0.3) is 17.1 Å². The summed E-state index contributed by atoms with van der Waals surface area (Å²) in [6.45, 7) is 4.47. The summed E-state index contributed by atoms with van der Waals surface area (Å²) in [5.74, 6) is 0.595. The van der Waals surface area contributed by atoms with Gasteiger partial charge in [0, 0.05) is 30.2 Å². The lowest BCUT2D eigenvalue weighted by atomic mass is 10.2. The molecular weight excluding hydrogens is 388 g/mol. The third kappa shape index (κ3) is 5.64. The van der Waals surface area contributed by atoms with Gasteiger partial charge in [0.05, 0.1) is 5.75 Å². The maximum absolute atomic E-state index is 12.1. The molecule has 9 heteroatoms. The Kier molecular flexibility index (Phi) is 6.96. The Morgan fingerprint density at radius 1 is 1.07 bits per heavy atom. The van der Waals surface area contributed by atoms with Crippen LogP contribution in [0.5, 0.6) is 0 Å². The predicted octanol–water partition coefficient (Wildman–Crippen LogP) is 2.90. The van der Waals surface area contributed by atoms with Gasteiger partial charge in [0.25, 0.3) is 0 Å². The van der Waals surface area contributed by atoms with Crippen LogP contribution in [-0.4, -0.2) is 44.0 Å². The zero-order chi connectivity index (χ0) is 20.6. The summed E-state index contributed by atoms with van der Waals surface area (Å²) in [4.78, 5) is 27.9. The Morgan fingerprint density at radius 2 is 1.79 bits per heavy atom. The van der Waals surface area contributed by atoms with Crippen molar-refractivity contribution >= 4 is 23.7 Å². The predicted molar refractivity (Wildman–Crippen MR) is 112 cm³/mol. The topological polar surface area (TPSA) is 102 Å². The van der Waals surface area contributed by atoms with Crippen molar-refractivity contribution in [1.29, 1.82) is 0 Å². The number of nitrogens with one attached hydrogen (secondary N) is 2. The molecule has 2 heterocycles. The van der Waals surface area contributed by atoms with Crippen LogP contribution in [0.1, 0.15) is 13.8 Å². The van der Waals surface area contributed by atoms with Gasteiger partial charge >= 0.3 is 6.03 Å². The molecule has 0 atom stereocenters. The van der Waals surface area contributed by atoms with Crippen molar-refractivity contribution in [3.05, 3.63) is 54.9 Å². The number of imide groups is 1. The van der Waals surface area contributed by atoms with E-state index in [1.807, 2.05) is 60.9 Å². The van der Waals surface area contributed by atoms with Crippen molar-refractivity contribution in [2.24, 2.45) is 5.92 Å². The number of nitrogens with zero attached hydrogens (tertiary/aromatic N) is 4. The average molecular weight is 411 g/mol. The number of thioether (sulfide) groups is 1. The highest BCUT2D eigenvalue weighted by atomic mass is 32.2. The summed E-state index contributed by atoms with van der Waals surface area (Å²) in [6.07, 6.45) is 3.38. The normalized spacial score (nSPS) is 10.7. The molecule has 0 aliphatic rings. The van der Waals surface area contributed by atoms with Gasteiger partial charge < -0.3 is 5.32 Å². The van der Waals surface area contributed by atoms with Gasteiger partial charge in [-0.25, -0.2) is 4.79 Å². The third-order valence-electron chi connectivity index (χ3n) is 3.84. The minimum atomic E-state index is -0.494. The standard InChI is InChI=1S/C20H22N6O2S/c1-14(2)12-22-19(28)23-17(27)13-29-20-25-24-18(15-8-10-21-11-9-15)26(20)16-6-4-3-5-7-16/h3-11,14H,12-13H2,1-2H3,(H2,22,23,27,28). The fourth-order valence-electron chi connectivity index (χ4n) is 2.50. The van der Waals surface area contributed by atoms with E-state index < -0.39 is 11.9 Å². The molecule has 3 aromatic rings. The van der Waals surface area contributed by atoms with Gasteiger partial charge in [0.2, 0.25) is 5.91 Å². The molecule has 2 N–H and O–H groups in total. The monoisotopic (exact) mass is 410 g/mol. The average Bonchev–Trinajstić information content (AvgIpc) is 3.16. The second-order valence-electron chi connectivity index (χ2n) is 6.65. The molecule has 0 fully saturated rings. The molecule has 2 aromatic heterocycles. The smallest absolute Gasteiger partial charge is 0.321 e. The number of amides is 3. The van der Waals surface area contributed by atoms with Gasteiger partial charge in [0.1, 0.15) is 0 Å². The van der Waals surface area contributed by atoms with Crippen molar-refractivity contribution < 1.29 is 9.59 Å². The molecule has 3 amide bonds. The van der Waals surface area contributed by atoms with Crippen LogP contribution in [0.4, 0.5) is 4.79 Å². The van der Waals surface area contributed by atoms with Crippen molar-refractivity contribution in [1.82, 2.24) is 30.4 Å². The van der Waals surface area contributed by atoms with Gasteiger partial charge in [-0.1, -0.05) is 43.8 Å². The zero-order valence-corrected chi connectivity index (χ0v) is 17.0. The number of hydrogen-bond donors (Lipinski definition) is 2. The van der Waals surface area contributed by atoms with E-state index >= 15 is 0 Å². The summed E-state index contributed by atoms with van der Waals surface area (Å²) in [7, 11) is 0. The lowest BCUT2D eigenvalue weighted by Gasteiger charge is -2.10. The largest absolute Gasteiger partial charge is 0.338 e. The molecule has 0 aliphatic heterocycles. The summed E-state index contributed by atoms with van der Waals surface area (Å²) < 4.78 is 1.88. The molecule has 0 radical (unpaired) electrons. The molecule has 0 spiro atoms. The van der Waals surface area contributed by atoms with Crippen molar-refractivity contribution in [2.45, 2.75) is 19.0 Å². The molecule has 0 unspecified atom stereocenters. The van der Waals surface area contributed by atoms with Gasteiger partial charge in [-0.3, -0.25) is 19.7 Å². The summed E-state index contributed by atoms with van der Waals surface area (Å²) >= 11 is 1.21. The van der Waals surface area contributed by atoms with Gasteiger partial charge in [-0.05, 0) is 30.2 Å². The fraction of sp³-hybridized carbons (Fsp3) is 0.250. The van der Waals surface area contributed by atoms with E-state index in [0.717, 1.165) is 11.3 Å².